The molecule has 0 spiro atoms. The molecule has 3 rings (SSSR count). The lowest BCUT2D eigenvalue weighted by molar-refractivity contribution is -0.187. The molecule has 0 heterocycles. The number of carbonyl (C=O) groups excluding carboxylic acids is 3. The molecule has 0 saturated heterocycles. The summed E-state index contributed by atoms with van der Waals surface area (Å²) in [5.74, 6) is -2.71. The first-order chi connectivity index (χ1) is 13.1. The molecule has 1 N–H and O–H groups in total. The molecule has 6 heteroatoms. The van der Waals surface area contributed by atoms with Crippen molar-refractivity contribution in [3.8, 4) is 5.75 Å². The highest BCUT2D eigenvalue weighted by atomic mass is 17.2. The third-order valence-corrected chi connectivity index (χ3v) is 3.74. The normalized spacial score (nSPS) is 10.1. The molecule has 0 aromatic heterocycles. The Kier molecular flexibility index (Phi) is 5.28. The Morgan fingerprint density at radius 3 is 1.70 bits per heavy atom. The molecule has 0 aliphatic rings. The van der Waals surface area contributed by atoms with Gasteiger partial charge in [-0.2, -0.15) is 0 Å². The van der Waals surface area contributed by atoms with Crippen LogP contribution in [0.4, 0.5) is 0 Å². The molecule has 0 aliphatic carbocycles. The van der Waals surface area contributed by atoms with Gasteiger partial charge in [-0.1, -0.05) is 60.7 Å². The SMILES string of the molecule is O=C(OOC(=O)c1ccccc1C(=O)c1ccccc1)c1ccccc1O. The number of para-hydroxylation sites is 1. The van der Waals surface area contributed by atoms with Crippen molar-refractivity contribution in [2.24, 2.45) is 0 Å². The number of hydrogen-bond acceptors (Lipinski definition) is 6. The maximum atomic E-state index is 12.6. The Balaban J connectivity index is 1.77. The van der Waals surface area contributed by atoms with Crippen molar-refractivity contribution in [3.63, 3.8) is 0 Å². The molecule has 0 radical (unpaired) electrons. The summed E-state index contributed by atoms with van der Waals surface area (Å²) in [6.45, 7) is 0. The molecule has 6 nitrogen and oxygen atoms in total. The average molecular weight is 362 g/mol. The zero-order chi connectivity index (χ0) is 19.2. The van der Waals surface area contributed by atoms with Crippen LogP contribution >= 0.6 is 0 Å². The van der Waals surface area contributed by atoms with E-state index in [-0.39, 0.29) is 28.2 Å². The number of aromatic hydroxyl groups is 1. The Bertz CT molecular complexity index is 994. The number of phenolic OH excluding ortho intramolecular Hbond substituents is 1. The van der Waals surface area contributed by atoms with E-state index in [0.29, 0.717) is 5.56 Å². The summed E-state index contributed by atoms with van der Waals surface area (Å²) in [4.78, 5) is 45.9. The highest BCUT2D eigenvalue weighted by Gasteiger charge is 2.22. The fourth-order valence-electron chi connectivity index (χ4n) is 2.42. The molecule has 134 valence electrons. The van der Waals surface area contributed by atoms with Gasteiger partial charge in [0.2, 0.25) is 0 Å². The van der Waals surface area contributed by atoms with Gasteiger partial charge in [-0.15, -0.1) is 0 Å². The van der Waals surface area contributed by atoms with Crippen LogP contribution in [0.3, 0.4) is 0 Å². The van der Waals surface area contributed by atoms with E-state index in [9.17, 15) is 19.5 Å². The summed E-state index contributed by atoms with van der Waals surface area (Å²) in [6.07, 6.45) is 0. The van der Waals surface area contributed by atoms with E-state index in [1.54, 1.807) is 42.5 Å². The monoisotopic (exact) mass is 362 g/mol. The number of hydrogen-bond donors (Lipinski definition) is 1. The molecule has 27 heavy (non-hydrogen) atoms. The average Bonchev–Trinajstić information content (AvgIpc) is 2.72. The van der Waals surface area contributed by atoms with Gasteiger partial charge in [0.15, 0.2) is 5.78 Å². The van der Waals surface area contributed by atoms with Crippen LogP contribution in [0.5, 0.6) is 5.75 Å². The summed E-state index contributed by atoms with van der Waals surface area (Å²) in [7, 11) is 0. The van der Waals surface area contributed by atoms with Gasteiger partial charge in [-0.3, -0.25) is 4.79 Å². The third kappa shape index (κ3) is 4.01. The second kappa shape index (κ2) is 7.97. The Morgan fingerprint density at radius 2 is 1.07 bits per heavy atom. The maximum Gasteiger partial charge on any atom is 0.390 e. The zero-order valence-corrected chi connectivity index (χ0v) is 14.0. The van der Waals surface area contributed by atoms with Gasteiger partial charge < -0.3 is 5.11 Å². The fraction of sp³-hybridized carbons (Fsp3) is 0. The lowest BCUT2D eigenvalue weighted by atomic mass is 9.98. The molecular weight excluding hydrogens is 348 g/mol. The Labute approximate surface area is 154 Å². The van der Waals surface area contributed by atoms with E-state index >= 15 is 0 Å². The molecule has 3 aromatic rings. The third-order valence-electron chi connectivity index (χ3n) is 3.74. The first kappa shape index (κ1) is 17.9. The minimum atomic E-state index is -1.03. The van der Waals surface area contributed by atoms with E-state index in [1.165, 1.54) is 36.4 Å². The first-order valence-electron chi connectivity index (χ1n) is 7.98. The van der Waals surface area contributed by atoms with Gasteiger partial charge >= 0.3 is 11.9 Å². The van der Waals surface area contributed by atoms with Crippen LogP contribution in [-0.4, -0.2) is 22.8 Å². The summed E-state index contributed by atoms with van der Waals surface area (Å²) in [5.41, 5.74) is 0.326. The van der Waals surface area contributed by atoms with Gasteiger partial charge in [0, 0.05) is 11.1 Å². The van der Waals surface area contributed by atoms with Gasteiger partial charge in [0.1, 0.15) is 11.3 Å². The summed E-state index contributed by atoms with van der Waals surface area (Å²) in [5, 5.41) is 9.62. The van der Waals surface area contributed by atoms with Gasteiger partial charge in [-0.25, -0.2) is 19.4 Å². The van der Waals surface area contributed by atoms with Crippen molar-refractivity contribution in [2.75, 3.05) is 0 Å². The predicted octanol–water partition coefficient (Wildman–Crippen LogP) is 3.55. The van der Waals surface area contributed by atoms with Crippen molar-refractivity contribution < 1.29 is 29.3 Å². The van der Waals surface area contributed by atoms with Gasteiger partial charge in [0.05, 0.1) is 5.56 Å². The van der Waals surface area contributed by atoms with Crippen LogP contribution < -0.4 is 0 Å². The first-order valence-corrected chi connectivity index (χ1v) is 7.98. The molecule has 0 aliphatic heterocycles. The zero-order valence-electron chi connectivity index (χ0n) is 14.0. The van der Waals surface area contributed by atoms with Crippen molar-refractivity contribution >= 4 is 17.7 Å². The van der Waals surface area contributed by atoms with Gasteiger partial charge in [-0.05, 0) is 18.2 Å². The number of benzene rings is 3. The summed E-state index contributed by atoms with van der Waals surface area (Å²) < 4.78 is 0. The van der Waals surface area contributed by atoms with Crippen molar-refractivity contribution in [3.05, 3.63) is 101 Å². The number of rotatable bonds is 4. The highest BCUT2D eigenvalue weighted by molar-refractivity contribution is 6.14. The van der Waals surface area contributed by atoms with Crippen molar-refractivity contribution in [2.45, 2.75) is 0 Å². The van der Waals surface area contributed by atoms with E-state index < -0.39 is 11.9 Å². The molecule has 0 atom stereocenters. The van der Waals surface area contributed by atoms with Crippen LogP contribution in [0.15, 0.2) is 78.9 Å². The van der Waals surface area contributed by atoms with Crippen LogP contribution in [-0.2, 0) is 9.78 Å². The van der Waals surface area contributed by atoms with Crippen LogP contribution in [0, 0.1) is 0 Å². The number of carbonyl (C=O) groups is 3. The van der Waals surface area contributed by atoms with Gasteiger partial charge in [0.25, 0.3) is 0 Å². The van der Waals surface area contributed by atoms with Crippen molar-refractivity contribution in [1.82, 2.24) is 0 Å². The molecule has 3 aromatic carbocycles. The molecule has 0 unspecified atom stereocenters. The topological polar surface area (TPSA) is 89.9 Å². The molecule has 0 amide bonds. The molecule has 0 saturated carbocycles. The summed E-state index contributed by atoms with van der Waals surface area (Å²) >= 11 is 0. The number of phenols is 1. The van der Waals surface area contributed by atoms with E-state index in [1.807, 2.05) is 0 Å². The van der Waals surface area contributed by atoms with Crippen LogP contribution in [0.25, 0.3) is 0 Å². The minimum Gasteiger partial charge on any atom is -0.507 e. The lowest BCUT2D eigenvalue weighted by Gasteiger charge is -2.08. The number of ketones is 1. The fourth-order valence-corrected chi connectivity index (χ4v) is 2.42. The molecular formula is C21H14O6. The van der Waals surface area contributed by atoms with Crippen molar-refractivity contribution in [1.29, 1.82) is 0 Å². The Morgan fingerprint density at radius 1 is 0.593 bits per heavy atom. The lowest BCUT2D eigenvalue weighted by Crippen LogP contribution is -2.15. The minimum absolute atomic E-state index is 0.0450. The second-order valence-electron chi connectivity index (χ2n) is 5.50. The van der Waals surface area contributed by atoms with E-state index in [0.717, 1.165) is 0 Å². The summed E-state index contributed by atoms with van der Waals surface area (Å²) in [6, 6.07) is 20.2. The molecule has 0 bridgehead atoms. The Hall–Kier alpha value is -3.93. The smallest absolute Gasteiger partial charge is 0.390 e. The molecule has 0 fully saturated rings. The van der Waals surface area contributed by atoms with E-state index in [4.69, 9.17) is 0 Å². The predicted molar refractivity (Wildman–Crippen MR) is 95.3 cm³/mol. The van der Waals surface area contributed by atoms with Crippen LogP contribution in [0.1, 0.15) is 36.6 Å². The van der Waals surface area contributed by atoms with E-state index in [2.05, 4.69) is 9.78 Å². The maximum absolute atomic E-state index is 12.6. The quantitative estimate of drug-likeness (QED) is 0.434. The standard InChI is InChI=1S/C21H14O6/c22-18-13-7-6-12-17(18)21(25)27-26-20(24)16-11-5-4-10-15(16)19(23)14-8-2-1-3-9-14/h1-13,22H. The van der Waals surface area contributed by atoms with Crippen LogP contribution in [0.2, 0.25) is 0 Å². The highest BCUT2D eigenvalue weighted by Crippen LogP contribution is 2.18. The largest absolute Gasteiger partial charge is 0.507 e. The second-order valence-corrected chi connectivity index (χ2v) is 5.50.